The second kappa shape index (κ2) is 11.2. The second-order valence-corrected chi connectivity index (χ2v) is 8.24. The number of carbonyl (C=O) groups excluding carboxylic acids is 2. The highest BCUT2D eigenvalue weighted by Crippen LogP contribution is 2.30. The van der Waals surface area contributed by atoms with Gasteiger partial charge in [0, 0.05) is 5.56 Å². The maximum absolute atomic E-state index is 13.5. The summed E-state index contributed by atoms with van der Waals surface area (Å²) in [6.45, 7) is 0. The van der Waals surface area contributed by atoms with Crippen LogP contribution in [0.25, 0.3) is 6.08 Å². The Morgan fingerprint density at radius 3 is 1.69 bits per heavy atom. The van der Waals surface area contributed by atoms with Crippen LogP contribution in [0.1, 0.15) is 39.6 Å². The Labute approximate surface area is 205 Å². The minimum atomic E-state index is -2.16. The van der Waals surface area contributed by atoms with Gasteiger partial charge in [-0.1, -0.05) is 127 Å². The molecule has 0 saturated heterocycles. The Morgan fingerprint density at radius 2 is 1.17 bits per heavy atom. The SMILES string of the molecule is O=C(C[C@](O)(/C=C/c1ccccc1)C(=O)OC(c1ccccc1)c1ccccc1)c1ccccc1. The molecule has 35 heavy (non-hydrogen) atoms. The van der Waals surface area contributed by atoms with Crippen LogP contribution in [0, 0.1) is 0 Å². The van der Waals surface area contributed by atoms with E-state index in [1.807, 2.05) is 91.0 Å². The van der Waals surface area contributed by atoms with Crippen molar-refractivity contribution in [2.24, 2.45) is 0 Å². The van der Waals surface area contributed by atoms with Crippen molar-refractivity contribution in [1.82, 2.24) is 0 Å². The summed E-state index contributed by atoms with van der Waals surface area (Å²) < 4.78 is 5.92. The molecule has 4 aromatic rings. The molecule has 0 aromatic heterocycles. The van der Waals surface area contributed by atoms with E-state index in [1.165, 1.54) is 6.08 Å². The van der Waals surface area contributed by atoms with Gasteiger partial charge in [-0.15, -0.1) is 0 Å². The summed E-state index contributed by atoms with van der Waals surface area (Å²) in [5.74, 6) is -1.26. The van der Waals surface area contributed by atoms with Gasteiger partial charge in [0.15, 0.2) is 17.5 Å². The first-order chi connectivity index (χ1) is 17.0. The van der Waals surface area contributed by atoms with Gasteiger partial charge in [0.05, 0.1) is 6.42 Å². The maximum atomic E-state index is 13.5. The molecule has 0 aliphatic carbocycles. The lowest BCUT2D eigenvalue weighted by atomic mass is 9.92. The molecular weight excluding hydrogens is 436 g/mol. The van der Waals surface area contributed by atoms with Crippen molar-refractivity contribution in [3.05, 3.63) is 150 Å². The molecule has 4 heteroatoms. The number of hydrogen-bond donors (Lipinski definition) is 1. The lowest BCUT2D eigenvalue weighted by Gasteiger charge is -2.26. The van der Waals surface area contributed by atoms with E-state index in [0.29, 0.717) is 5.56 Å². The molecule has 174 valence electrons. The third-order valence-corrected chi connectivity index (χ3v) is 5.66. The van der Waals surface area contributed by atoms with Crippen LogP contribution in [0.5, 0.6) is 0 Å². The van der Waals surface area contributed by atoms with Gasteiger partial charge in [-0.3, -0.25) is 4.79 Å². The van der Waals surface area contributed by atoms with Crippen molar-refractivity contribution in [3.8, 4) is 0 Å². The first-order valence-electron chi connectivity index (χ1n) is 11.4. The molecule has 0 radical (unpaired) electrons. The van der Waals surface area contributed by atoms with Crippen molar-refractivity contribution >= 4 is 17.8 Å². The number of Topliss-reactive ketones (excluding diaryl/α,β-unsaturated/α-hetero) is 1. The van der Waals surface area contributed by atoms with E-state index in [-0.39, 0.29) is 5.78 Å². The molecule has 0 aliphatic rings. The molecule has 0 heterocycles. The number of benzene rings is 4. The van der Waals surface area contributed by atoms with E-state index in [1.54, 1.807) is 36.4 Å². The zero-order valence-corrected chi connectivity index (χ0v) is 19.2. The van der Waals surface area contributed by atoms with Crippen LogP contribution in [-0.4, -0.2) is 22.5 Å². The van der Waals surface area contributed by atoms with Crippen LogP contribution in [0.4, 0.5) is 0 Å². The van der Waals surface area contributed by atoms with Crippen LogP contribution in [0.3, 0.4) is 0 Å². The molecule has 0 fully saturated rings. The molecule has 0 saturated carbocycles. The van der Waals surface area contributed by atoms with Crippen molar-refractivity contribution < 1.29 is 19.4 Å². The van der Waals surface area contributed by atoms with E-state index >= 15 is 0 Å². The monoisotopic (exact) mass is 462 g/mol. The third-order valence-electron chi connectivity index (χ3n) is 5.66. The van der Waals surface area contributed by atoms with Crippen molar-refractivity contribution in [1.29, 1.82) is 0 Å². The Hall–Kier alpha value is -4.28. The van der Waals surface area contributed by atoms with E-state index in [4.69, 9.17) is 4.74 Å². The van der Waals surface area contributed by atoms with Crippen LogP contribution < -0.4 is 0 Å². The molecule has 4 rings (SSSR count). The summed E-state index contributed by atoms with van der Waals surface area (Å²) >= 11 is 0. The summed E-state index contributed by atoms with van der Waals surface area (Å²) in [6, 6.07) is 36.5. The van der Waals surface area contributed by atoms with Crippen LogP contribution in [0.2, 0.25) is 0 Å². The fourth-order valence-electron chi connectivity index (χ4n) is 3.76. The molecule has 0 spiro atoms. The fourth-order valence-corrected chi connectivity index (χ4v) is 3.76. The lowest BCUT2D eigenvalue weighted by Crippen LogP contribution is -2.41. The van der Waals surface area contributed by atoms with Gasteiger partial charge < -0.3 is 9.84 Å². The summed E-state index contributed by atoms with van der Waals surface area (Å²) in [7, 11) is 0. The molecule has 1 atom stereocenters. The van der Waals surface area contributed by atoms with E-state index in [9.17, 15) is 14.7 Å². The summed E-state index contributed by atoms with van der Waals surface area (Å²) in [6.07, 6.45) is 1.78. The van der Waals surface area contributed by atoms with Crippen LogP contribution >= 0.6 is 0 Å². The average molecular weight is 463 g/mol. The molecule has 4 nitrogen and oxygen atoms in total. The van der Waals surface area contributed by atoms with Gasteiger partial charge in [-0.25, -0.2) is 4.79 Å². The highest BCUT2D eigenvalue weighted by Gasteiger charge is 2.39. The number of hydrogen-bond acceptors (Lipinski definition) is 4. The molecule has 0 aliphatic heterocycles. The largest absolute Gasteiger partial charge is 0.450 e. The first kappa shape index (κ1) is 23.9. The van der Waals surface area contributed by atoms with Crippen molar-refractivity contribution in [2.75, 3.05) is 0 Å². The van der Waals surface area contributed by atoms with Gasteiger partial charge in [-0.2, -0.15) is 0 Å². The quantitative estimate of drug-likeness (QED) is 0.243. The number of ketones is 1. The normalized spacial score (nSPS) is 12.9. The lowest BCUT2D eigenvalue weighted by molar-refractivity contribution is -0.164. The number of ether oxygens (including phenoxy) is 1. The smallest absolute Gasteiger partial charge is 0.343 e. The average Bonchev–Trinajstić information content (AvgIpc) is 2.92. The van der Waals surface area contributed by atoms with Gasteiger partial charge in [-0.05, 0) is 22.8 Å². The summed E-state index contributed by atoms with van der Waals surface area (Å²) in [5.41, 5.74) is 0.555. The minimum absolute atomic E-state index is 0.362. The van der Waals surface area contributed by atoms with E-state index in [0.717, 1.165) is 16.7 Å². The number of rotatable bonds is 9. The fraction of sp³-hybridized carbons (Fsp3) is 0.0968. The van der Waals surface area contributed by atoms with E-state index in [2.05, 4.69) is 0 Å². The molecule has 0 amide bonds. The molecule has 4 aromatic carbocycles. The highest BCUT2D eigenvalue weighted by molar-refractivity contribution is 6.00. The first-order valence-corrected chi connectivity index (χ1v) is 11.4. The number of carbonyl (C=O) groups is 2. The van der Waals surface area contributed by atoms with Gasteiger partial charge >= 0.3 is 5.97 Å². The third kappa shape index (κ3) is 6.19. The zero-order chi connectivity index (χ0) is 24.5. The minimum Gasteiger partial charge on any atom is -0.450 e. The standard InChI is InChI=1S/C31H26O4/c32-28(25-15-7-2-8-16-25)23-31(34,22-21-24-13-5-1-6-14-24)30(33)35-29(26-17-9-3-10-18-26)27-19-11-4-12-20-27/h1-22,29,34H,23H2/b22-21+/t31-/m1/s1. The Bertz CT molecular complexity index is 1230. The molecule has 0 bridgehead atoms. The van der Waals surface area contributed by atoms with Crippen molar-refractivity contribution in [3.63, 3.8) is 0 Å². The Morgan fingerprint density at radius 1 is 0.714 bits per heavy atom. The number of esters is 1. The zero-order valence-electron chi connectivity index (χ0n) is 19.2. The van der Waals surface area contributed by atoms with Crippen LogP contribution in [0.15, 0.2) is 127 Å². The van der Waals surface area contributed by atoms with Gasteiger partial charge in [0.1, 0.15) is 0 Å². The van der Waals surface area contributed by atoms with Gasteiger partial charge in [0.25, 0.3) is 0 Å². The highest BCUT2D eigenvalue weighted by atomic mass is 16.6. The molecule has 1 N–H and O–H groups in total. The predicted octanol–water partition coefficient (Wildman–Crippen LogP) is 6.04. The molecular formula is C31H26O4. The molecule has 0 unspecified atom stereocenters. The summed E-state index contributed by atoms with van der Waals surface area (Å²) in [5, 5.41) is 11.5. The van der Waals surface area contributed by atoms with Crippen molar-refractivity contribution in [2.45, 2.75) is 18.1 Å². The number of aliphatic hydroxyl groups is 1. The summed E-state index contributed by atoms with van der Waals surface area (Å²) in [4.78, 5) is 26.5. The predicted molar refractivity (Wildman–Crippen MR) is 137 cm³/mol. The van der Waals surface area contributed by atoms with Gasteiger partial charge in [0.2, 0.25) is 0 Å². The topological polar surface area (TPSA) is 63.6 Å². The van der Waals surface area contributed by atoms with E-state index < -0.39 is 24.1 Å². The Balaban J connectivity index is 1.67. The van der Waals surface area contributed by atoms with Crippen LogP contribution in [-0.2, 0) is 9.53 Å². The Kier molecular flexibility index (Phi) is 7.66. The maximum Gasteiger partial charge on any atom is 0.343 e. The second-order valence-electron chi connectivity index (χ2n) is 8.24.